The van der Waals surface area contributed by atoms with Crippen LogP contribution in [0, 0.1) is 13.8 Å². The summed E-state index contributed by atoms with van der Waals surface area (Å²) in [5.74, 6) is 0. The first-order valence-electron chi connectivity index (χ1n) is 7.87. The Balaban J connectivity index is 1.99. The van der Waals surface area contributed by atoms with E-state index in [0.29, 0.717) is 6.04 Å². The number of likely N-dealkylation sites (N-methyl/N-ethyl adjacent to an activating group) is 1. The lowest BCUT2D eigenvalue weighted by molar-refractivity contribution is 0.477. The maximum absolute atomic E-state index is 4.45. The molecule has 1 aromatic carbocycles. The summed E-state index contributed by atoms with van der Waals surface area (Å²) in [6, 6.07) is 11.4. The smallest absolute Gasteiger partial charge is 0.0596 e. The van der Waals surface area contributed by atoms with Crippen LogP contribution in [0.3, 0.4) is 0 Å². The Hall–Kier alpha value is -1.61. The highest BCUT2D eigenvalue weighted by atomic mass is 15.3. The summed E-state index contributed by atoms with van der Waals surface area (Å²) in [7, 11) is 2.03. The summed E-state index contributed by atoms with van der Waals surface area (Å²) in [6.45, 7) is 7.44. The summed E-state index contributed by atoms with van der Waals surface area (Å²) in [5, 5.41) is 8.06. The van der Waals surface area contributed by atoms with Gasteiger partial charge in [0.2, 0.25) is 0 Å². The largest absolute Gasteiger partial charge is 0.314 e. The number of aryl methyl sites for hydroxylation is 4. The van der Waals surface area contributed by atoms with Gasteiger partial charge in [-0.3, -0.25) is 4.68 Å². The Morgan fingerprint density at radius 3 is 2.62 bits per heavy atom. The maximum Gasteiger partial charge on any atom is 0.0596 e. The van der Waals surface area contributed by atoms with Crippen molar-refractivity contribution in [2.75, 3.05) is 6.54 Å². The summed E-state index contributed by atoms with van der Waals surface area (Å²) < 4.78 is 2.01. The molecule has 2 aromatic rings. The van der Waals surface area contributed by atoms with E-state index in [-0.39, 0.29) is 0 Å². The number of aromatic nitrogens is 2. The number of hydrogen-bond acceptors (Lipinski definition) is 2. The van der Waals surface area contributed by atoms with Crippen LogP contribution in [0.25, 0.3) is 0 Å². The van der Waals surface area contributed by atoms with Crippen LogP contribution in [-0.2, 0) is 19.9 Å². The first kappa shape index (κ1) is 15.8. The molecule has 0 amide bonds. The molecule has 1 unspecified atom stereocenters. The number of hydrogen-bond donors (Lipinski definition) is 1. The predicted molar refractivity (Wildman–Crippen MR) is 88.6 cm³/mol. The molecule has 0 spiro atoms. The van der Waals surface area contributed by atoms with Gasteiger partial charge in [-0.25, -0.2) is 0 Å². The summed E-state index contributed by atoms with van der Waals surface area (Å²) in [6.07, 6.45) is 3.32. The highest BCUT2D eigenvalue weighted by molar-refractivity contribution is 5.25. The molecule has 0 aliphatic rings. The molecule has 1 N–H and O–H groups in total. The fourth-order valence-corrected chi connectivity index (χ4v) is 2.89. The summed E-state index contributed by atoms with van der Waals surface area (Å²) in [4.78, 5) is 0. The van der Waals surface area contributed by atoms with Gasteiger partial charge < -0.3 is 5.32 Å². The average molecular weight is 285 g/mol. The van der Waals surface area contributed by atoms with Crippen molar-refractivity contribution in [3.8, 4) is 0 Å². The van der Waals surface area contributed by atoms with Crippen molar-refractivity contribution in [2.24, 2.45) is 7.05 Å². The second kappa shape index (κ2) is 7.41. The molecule has 0 saturated carbocycles. The molecule has 0 aliphatic heterocycles. The molecule has 1 heterocycles. The van der Waals surface area contributed by atoms with Crippen LogP contribution < -0.4 is 5.32 Å². The Bertz CT molecular complexity index is 572. The van der Waals surface area contributed by atoms with Gasteiger partial charge in [0.25, 0.3) is 0 Å². The maximum atomic E-state index is 4.45. The van der Waals surface area contributed by atoms with Gasteiger partial charge in [-0.15, -0.1) is 0 Å². The van der Waals surface area contributed by atoms with Crippen LogP contribution in [0.2, 0.25) is 0 Å². The third-order valence-corrected chi connectivity index (χ3v) is 4.07. The molecule has 114 valence electrons. The number of rotatable bonds is 7. The molecule has 0 saturated heterocycles. The zero-order valence-corrected chi connectivity index (χ0v) is 13.7. The average Bonchev–Trinajstić information content (AvgIpc) is 2.76. The van der Waals surface area contributed by atoms with Crippen LogP contribution in [0.15, 0.2) is 30.3 Å². The Morgan fingerprint density at radius 1 is 1.24 bits per heavy atom. The highest BCUT2D eigenvalue weighted by Crippen LogP contribution is 2.13. The molecule has 3 heteroatoms. The van der Waals surface area contributed by atoms with Gasteiger partial charge in [0, 0.05) is 25.2 Å². The Kier molecular flexibility index (Phi) is 5.57. The summed E-state index contributed by atoms with van der Waals surface area (Å²) >= 11 is 0. The third-order valence-electron chi connectivity index (χ3n) is 4.07. The summed E-state index contributed by atoms with van der Waals surface area (Å²) in [5.41, 5.74) is 5.26. The van der Waals surface area contributed by atoms with Gasteiger partial charge >= 0.3 is 0 Å². The van der Waals surface area contributed by atoms with Crippen molar-refractivity contribution < 1.29 is 0 Å². The van der Waals surface area contributed by atoms with E-state index in [4.69, 9.17) is 0 Å². The number of benzene rings is 1. The molecule has 21 heavy (non-hydrogen) atoms. The second-order valence-corrected chi connectivity index (χ2v) is 5.82. The zero-order valence-electron chi connectivity index (χ0n) is 13.7. The lowest BCUT2D eigenvalue weighted by Gasteiger charge is -2.18. The van der Waals surface area contributed by atoms with E-state index >= 15 is 0 Å². The van der Waals surface area contributed by atoms with Crippen LogP contribution in [0.4, 0.5) is 0 Å². The van der Waals surface area contributed by atoms with E-state index in [0.717, 1.165) is 31.5 Å². The SMILES string of the molecule is CCNC(CCc1ccccc1C)Cc1cc(C)nn1C. The van der Waals surface area contributed by atoms with Crippen molar-refractivity contribution in [3.63, 3.8) is 0 Å². The minimum Gasteiger partial charge on any atom is -0.314 e. The highest BCUT2D eigenvalue weighted by Gasteiger charge is 2.12. The molecule has 2 rings (SSSR count). The first-order chi connectivity index (χ1) is 10.1. The van der Waals surface area contributed by atoms with Gasteiger partial charge in [0.15, 0.2) is 0 Å². The van der Waals surface area contributed by atoms with Gasteiger partial charge in [0.1, 0.15) is 0 Å². The van der Waals surface area contributed by atoms with Crippen LogP contribution in [0.1, 0.15) is 35.9 Å². The van der Waals surface area contributed by atoms with E-state index in [1.54, 1.807) is 0 Å². The minimum absolute atomic E-state index is 0.504. The normalized spacial score (nSPS) is 12.6. The lowest BCUT2D eigenvalue weighted by atomic mass is 9.98. The number of nitrogens with one attached hydrogen (secondary N) is 1. The molecule has 0 bridgehead atoms. The Morgan fingerprint density at radius 2 is 2.00 bits per heavy atom. The van der Waals surface area contributed by atoms with E-state index in [9.17, 15) is 0 Å². The fourth-order valence-electron chi connectivity index (χ4n) is 2.89. The van der Waals surface area contributed by atoms with Gasteiger partial charge in [-0.05, 0) is 50.4 Å². The van der Waals surface area contributed by atoms with Gasteiger partial charge in [-0.2, -0.15) is 5.10 Å². The van der Waals surface area contributed by atoms with Crippen molar-refractivity contribution in [3.05, 3.63) is 52.8 Å². The minimum atomic E-state index is 0.504. The van der Waals surface area contributed by atoms with Gasteiger partial charge in [-0.1, -0.05) is 31.2 Å². The molecule has 3 nitrogen and oxygen atoms in total. The topological polar surface area (TPSA) is 29.9 Å². The third kappa shape index (κ3) is 4.43. The quantitative estimate of drug-likeness (QED) is 0.846. The molecule has 0 aliphatic carbocycles. The molecule has 0 fully saturated rings. The van der Waals surface area contributed by atoms with Gasteiger partial charge in [0.05, 0.1) is 5.69 Å². The molecular formula is C18H27N3. The standard InChI is InChI=1S/C18H27N3/c1-5-19-17(13-18-12-15(3)20-21(18)4)11-10-16-9-7-6-8-14(16)2/h6-9,12,17,19H,5,10-11,13H2,1-4H3. The zero-order chi connectivity index (χ0) is 15.2. The molecule has 0 radical (unpaired) electrons. The number of nitrogens with zero attached hydrogens (tertiary/aromatic N) is 2. The molecule has 1 atom stereocenters. The van der Waals surface area contributed by atoms with Crippen molar-refractivity contribution >= 4 is 0 Å². The van der Waals surface area contributed by atoms with E-state index < -0.39 is 0 Å². The molecule has 1 aromatic heterocycles. The predicted octanol–water partition coefficient (Wildman–Crippen LogP) is 3.19. The fraction of sp³-hybridized carbons (Fsp3) is 0.500. The van der Waals surface area contributed by atoms with E-state index in [1.807, 2.05) is 11.7 Å². The van der Waals surface area contributed by atoms with Crippen molar-refractivity contribution in [1.82, 2.24) is 15.1 Å². The van der Waals surface area contributed by atoms with Crippen molar-refractivity contribution in [2.45, 2.75) is 46.1 Å². The lowest BCUT2D eigenvalue weighted by Crippen LogP contribution is -2.32. The van der Waals surface area contributed by atoms with E-state index in [1.165, 1.54) is 16.8 Å². The first-order valence-corrected chi connectivity index (χ1v) is 7.87. The van der Waals surface area contributed by atoms with E-state index in [2.05, 4.69) is 61.5 Å². The monoisotopic (exact) mass is 285 g/mol. The van der Waals surface area contributed by atoms with Crippen LogP contribution in [0.5, 0.6) is 0 Å². The second-order valence-electron chi connectivity index (χ2n) is 5.82. The Labute approximate surface area is 128 Å². The van der Waals surface area contributed by atoms with Crippen LogP contribution >= 0.6 is 0 Å². The van der Waals surface area contributed by atoms with Crippen LogP contribution in [-0.4, -0.2) is 22.4 Å². The molecular weight excluding hydrogens is 258 g/mol. The van der Waals surface area contributed by atoms with Crippen molar-refractivity contribution in [1.29, 1.82) is 0 Å².